The van der Waals surface area contributed by atoms with Gasteiger partial charge in [0.25, 0.3) is 0 Å². The van der Waals surface area contributed by atoms with Crippen LogP contribution in [0.15, 0.2) is 59.6 Å². The predicted octanol–water partition coefficient (Wildman–Crippen LogP) is 3.51. The van der Waals surface area contributed by atoms with E-state index in [2.05, 4.69) is 9.71 Å². The van der Waals surface area contributed by atoms with Crippen LogP contribution in [0.1, 0.15) is 5.69 Å². The zero-order chi connectivity index (χ0) is 16.4. The number of nitrogens with zero attached hydrogens (tertiary/aromatic N) is 1. The number of pyridine rings is 1. The molecule has 0 aliphatic carbocycles. The third-order valence-electron chi connectivity index (χ3n) is 3.38. The van der Waals surface area contributed by atoms with Crippen molar-refractivity contribution in [3.8, 4) is 0 Å². The van der Waals surface area contributed by atoms with Crippen LogP contribution in [0.3, 0.4) is 0 Å². The zero-order valence-corrected chi connectivity index (χ0v) is 13.4. The molecule has 1 heterocycles. The van der Waals surface area contributed by atoms with E-state index >= 15 is 0 Å². The van der Waals surface area contributed by atoms with Gasteiger partial charge in [-0.15, -0.1) is 0 Å². The van der Waals surface area contributed by atoms with E-state index in [0.717, 1.165) is 0 Å². The van der Waals surface area contributed by atoms with Gasteiger partial charge in [-0.05, 0) is 24.3 Å². The molecule has 0 atom stereocenters. The monoisotopic (exact) mass is 350 g/mol. The highest BCUT2D eigenvalue weighted by atomic mass is 35.5. The van der Waals surface area contributed by atoms with Crippen molar-refractivity contribution in [1.82, 2.24) is 9.71 Å². The highest BCUT2D eigenvalue weighted by Gasteiger charge is 2.19. The van der Waals surface area contributed by atoms with Gasteiger partial charge in [-0.1, -0.05) is 35.9 Å². The van der Waals surface area contributed by atoms with Crippen molar-refractivity contribution in [2.75, 3.05) is 0 Å². The van der Waals surface area contributed by atoms with E-state index in [1.807, 2.05) is 0 Å². The second kappa shape index (κ2) is 6.23. The first-order valence-corrected chi connectivity index (χ1v) is 8.61. The fourth-order valence-electron chi connectivity index (χ4n) is 2.26. The average Bonchev–Trinajstić information content (AvgIpc) is 2.54. The lowest BCUT2D eigenvalue weighted by molar-refractivity contribution is 0.570. The van der Waals surface area contributed by atoms with E-state index in [0.29, 0.717) is 15.8 Å². The standard InChI is InChI=1S/C16H12ClFN2O2S/c17-13-7-8-16(12-5-2-1-4-11(12)13)23(21,22)20-10-15-14(18)6-3-9-19-15/h1-9,20H,10H2. The number of fused-ring (bicyclic) bond motifs is 1. The van der Waals surface area contributed by atoms with E-state index in [1.165, 1.54) is 30.5 Å². The Hall–Kier alpha value is -2.02. The van der Waals surface area contributed by atoms with Gasteiger partial charge in [0.2, 0.25) is 10.0 Å². The van der Waals surface area contributed by atoms with Crippen LogP contribution >= 0.6 is 11.6 Å². The molecule has 0 saturated heterocycles. The molecule has 118 valence electrons. The van der Waals surface area contributed by atoms with Crippen LogP contribution in [0.5, 0.6) is 0 Å². The molecule has 7 heteroatoms. The normalized spacial score (nSPS) is 11.7. The Morgan fingerprint density at radius 3 is 2.52 bits per heavy atom. The second-order valence-electron chi connectivity index (χ2n) is 4.85. The Kier molecular flexibility index (Phi) is 4.30. The summed E-state index contributed by atoms with van der Waals surface area (Å²) < 4.78 is 41.0. The van der Waals surface area contributed by atoms with E-state index in [1.54, 1.807) is 24.3 Å². The summed E-state index contributed by atoms with van der Waals surface area (Å²) >= 11 is 6.10. The van der Waals surface area contributed by atoms with Gasteiger partial charge in [-0.2, -0.15) is 0 Å². The Morgan fingerprint density at radius 1 is 1.04 bits per heavy atom. The maximum atomic E-state index is 13.6. The minimum absolute atomic E-state index is 0.0364. The quantitative estimate of drug-likeness (QED) is 0.783. The summed E-state index contributed by atoms with van der Waals surface area (Å²) in [7, 11) is -3.83. The predicted molar refractivity (Wildman–Crippen MR) is 87.2 cm³/mol. The highest BCUT2D eigenvalue weighted by Crippen LogP contribution is 2.29. The molecular formula is C16H12ClFN2O2S. The summed E-state index contributed by atoms with van der Waals surface area (Å²) in [6.45, 7) is -0.230. The van der Waals surface area contributed by atoms with Crippen LogP contribution in [0, 0.1) is 5.82 Å². The third kappa shape index (κ3) is 3.19. The molecule has 23 heavy (non-hydrogen) atoms. The number of benzene rings is 2. The highest BCUT2D eigenvalue weighted by molar-refractivity contribution is 7.89. The number of aromatic nitrogens is 1. The van der Waals surface area contributed by atoms with Gasteiger partial charge < -0.3 is 0 Å². The molecule has 0 bridgehead atoms. The molecule has 1 N–H and O–H groups in total. The second-order valence-corrected chi connectivity index (χ2v) is 6.99. The van der Waals surface area contributed by atoms with Crippen molar-refractivity contribution >= 4 is 32.4 Å². The van der Waals surface area contributed by atoms with Gasteiger partial charge in [0.15, 0.2) is 0 Å². The van der Waals surface area contributed by atoms with Gasteiger partial charge in [-0.3, -0.25) is 4.98 Å². The molecule has 0 aliphatic heterocycles. The Bertz CT molecular complexity index is 977. The van der Waals surface area contributed by atoms with Crippen LogP contribution in [-0.4, -0.2) is 13.4 Å². The van der Waals surface area contributed by atoms with Crippen LogP contribution in [-0.2, 0) is 16.6 Å². The number of hydrogen-bond donors (Lipinski definition) is 1. The Labute approximate surface area is 138 Å². The fourth-order valence-corrected chi connectivity index (χ4v) is 3.68. The first kappa shape index (κ1) is 15.9. The van der Waals surface area contributed by atoms with Gasteiger partial charge in [-0.25, -0.2) is 17.5 Å². The Balaban J connectivity index is 1.98. The molecule has 0 saturated carbocycles. The van der Waals surface area contributed by atoms with E-state index < -0.39 is 15.8 Å². The van der Waals surface area contributed by atoms with E-state index in [9.17, 15) is 12.8 Å². The summed E-state index contributed by atoms with van der Waals surface area (Å²) in [6.07, 6.45) is 1.41. The molecule has 0 amide bonds. The number of rotatable bonds is 4. The van der Waals surface area contributed by atoms with Crippen molar-refractivity contribution in [1.29, 1.82) is 0 Å². The molecule has 1 aromatic heterocycles. The lowest BCUT2D eigenvalue weighted by Gasteiger charge is -2.10. The number of halogens is 2. The molecule has 0 radical (unpaired) electrons. The van der Waals surface area contributed by atoms with Gasteiger partial charge in [0, 0.05) is 22.0 Å². The van der Waals surface area contributed by atoms with Crippen LogP contribution in [0.4, 0.5) is 4.39 Å². The SMILES string of the molecule is O=S(=O)(NCc1ncccc1F)c1ccc(Cl)c2ccccc12. The van der Waals surface area contributed by atoms with Crippen LogP contribution in [0.25, 0.3) is 10.8 Å². The lowest BCUT2D eigenvalue weighted by atomic mass is 10.1. The van der Waals surface area contributed by atoms with E-state index in [4.69, 9.17) is 11.6 Å². The number of hydrogen-bond acceptors (Lipinski definition) is 3. The lowest BCUT2D eigenvalue weighted by Crippen LogP contribution is -2.24. The first-order valence-electron chi connectivity index (χ1n) is 6.75. The van der Waals surface area contributed by atoms with E-state index in [-0.39, 0.29) is 17.1 Å². The summed E-state index contributed by atoms with van der Waals surface area (Å²) in [5, 5.41) is 1.62. The third-order valence-corrected chi connectivity index (χ3v) is 5.17. The molecule has 4 nitrogen and oxygen atoms in total. The average molecular weight is 351 g/mol. The van der Waals surface area contributed by atoms with Crippen molar-refractivity contribution in [2.45, 2.75) is 11.4 Å². The largest absolute Gasteiger partial charge is 0.257 e. The minimum atomic E-state index is -3.83. The fraction of sp³-hybridized carbons (Fsp3) is 0.0625. The molecular weight excluding hydrogens is 339 g/mol. The molecule has 0 spiro atoms. The smallest absolute Gasteiger partial charge is 0.241 e. The van der Waals surface area contributed by atoms with Crippen molar-refractivity contribution in [3.63, 3.8) is 0 Å². The van der Waals surface area contributed by atoms with Gasteiger partial charge in [0.1, 0.15) is 5.82 Å². The molecule has 0 unspecified atom stereocenters. The Morgan fingerprint density at radius 2 is 1.78 bits per heavy atom. The molecule has 0 aliphatic rings. The molecule has 2 aromatic carbocycles. The molecule has 0 fully saturated rings. The van der Waals surface area contributed by atoms with Gasteiger partial charge >= 0.3 is 0 Å². The van der Waals surface area contributed by atoms with Gasteiger partial charge in [0.05, 0.1) is 17.1 Å². The maximum absolute atomic E-state index is 13.6. The number of sulfonamides is 1. The molecule has 3 aromatic rings. The van der Waals surface area contributed by atoms with Crippen LogP contribution in [0.2, 0.25) is 5.02 Å². The van der Waals surface area contributed by atoms with Crippen molar-refractivity contribution in [3.05, 3.63) is 71.3 Å². The summed E-state index contributed by atoms with van der Waals surface area (Å²) in [4.78, 5) is 3.92. The van der Waals surface area contributed by atoms with Crippen molar-refractivity contribution < 1.29 is 12.8 Å². The minimum Gasteiger partial charge on any atom is -0.257 e. The molecule has 3 rings (SSSR count). The summed E-state index contributed by atoms with van der Waals surface area (Å²) in [5.74, 6) is -0.559. The van der Waals surface area contributed by atoms with Crippen LogP contribution < -0.4 is 4.72 Å². The first-order chi connectivity index (χ1) is 11.0. The summed E-state index contributed by atoms with van der Waals surface area (Å²) in [6, 6.07) is 12.6. The van der Waals surface area contributed by atoms with Crippen molar-refractivity contribution in [2.24, 2.45) is 0 Å². The zero-order valence-electron chi connectivity index (χ0n) is 11.8. The summed E-state index contributed by atoms with van der Waals surface area (Å²) in [5.41, 5.74) is 0.0364. The topological polar surface area (TPSA) is 59.1 Å². The maximum Gasteiger partial charge on any atom is 0.241 e. The number of nitrogens with one attached hydrogen (secondary N) is 1.